The van der Waals surface area contributed by atoms with Crippen LogP contribution < -0.4 is 4.74 Å². The summed E-state index contributed by atoms with van der Waals surface area (Å²) in [5, 5.41) is 2.76. The van der Waals surface area contributed by atoms with Gasteiger partial charge in [-0.1, -0.05) is 11.6 Å². The van der Waals surface area contributed by atoms with Gasteiger partial charge in [0.1, 0.15) is 5.75 Å². The fourth-order valence-electron chi connectivity index (χ4n) is 2.29. The monoisotopic (exact) mass is 312 g/mol. The van der Waals surface area contributed by atoms with E-state index in [0.29, 0.717) is 12.3 Å². The molecule has 0 aliphatic heterocycles. The second kappa shape index (κ2) is 6.15. The van der Waals surface area contributed by atoms with E-state index < -0.39 is 0 Å². The molecule has 5 heteroatoms. The van der Waals surface area contributed by atoms with Gasteiger partial charge in [0, 0.05) is 17.1 Å². The largest absolute Gasteiger partial charge is 0.493 e. The highest BCUT2D eigenvalue weighted by Gasteiger charge is 2.12. The van der Waals surface area contributed by atoms with Crippen molar-refractivity contribution >= 4 is 17.6 Å². The van der Waals surface area contributed by atoms with Gasteiger partial charge in [0.25, 0.3) is 0 Å². The molecule has 0 radical (unpaired) electrons. The number of carbonyl (C=O) groups is 1. The van der Waals surface area contributed by atoms with Crippen molar-refractivity contribution in [1.29, 1.82) is 0 Å². The van der Waals surface area contributed by atoms with E-state index in [2.05, 4.69) is 11.1 Å². The summed E-state index contributed by atoms with van der Waals surface area (Å²) in [6.07, 6.45) is 2.67. The van der Waals surface area contributed by atoms with Crippen LogP contribution in [0, 0.1) is 6.92 Å². The number of aryl methyl sites for hydroxylation is 1. The Balaban J connectivity index is 2.04. The molecule has 0 unspecified atom stereocenters. The molecule has 0 aliphatic rings. The van der Waals surface area contributed by atoms with Gasteiger partial charge in [0.15, 0.2) is 11.4 Å². The molecule has 2 heterocycles. The van der Waals surface area contributed by atoms with E-state index in [9.17, 15) is 4.79 Å². The van der Waals surface area contributed by atoms with Crippen LogP contribution in [0.1, 0.15) is 23.0 Å². The van der Waals surface area contributed by atoms with Gasteiger partial charge in [-0.15, -0.1) is 11.3 Å². The van der Waals surface area contributed by atoms with Crippen LogP contribution >= 0.6 is 11.3 Å². The first-order valence-corrected chi connectivity index (χ1v) is 7.93. The number of benzene rings is 1. The lowest BCUT2D eigenvalue weighted by molar-refractivity contribution is 0.111. The van der Waals surface area contributed by atoms with Gasteiger partial charge in [0.05, 0.1) is 18.0 Å². The van der Waals surface area contributed by atoms with Crippen molar-refractivity contribution in [3.63, 3.8) is 0 Å². The Morgan fingerprint density at radius 3 is 3.00 bits per heavy atom. The number of hydrogen-bond donors (Lipinski definition) is 0. The lowest BCUT2D eigenvalue weighted by Crippen LogP contribution is -1.97. The maximum atomic E-state index is 11.1. The van der Waals surface area contributed by atoms with Crippen LogP contribution in [0.15, 0.2) is 41.9 Å². The molecule has 0 fully saturated rings. The predicted molar refractivity (Wildman–Crippen MR) is 88.2 cm³/mol. The van der Waals surface area contributed by atoms with Gasteiger partial charge in [-0.05, 0) is 38.1 Å². The highest BCUT2D eigenvalue weighted by molar-refractivity contribution is 7.12. The van der Waals surface area contributed by atoms with Crippen LogP contribution in [0.4, 0.5) is 0 Å². The average molecular weight is 312 g/mol. The van der Waals surface area contributed by atoms with Gasteiger partial charge in [0.2, 0.25) is 0 Å². The van der Waals surface area contributed by atoms with Gasteiger partial charge < -0.3 is 4.74 Å². The lowest BCUT2D eigenvalue weighted by Gasteiger charge is -2.09. The topological polar surface area (TPSA) is 44.1 Å². The summed E-state index contributed by atoms with van der Waals surface area (Å²) in [5.74, 6) is 0.827. The van der Waals surface area contributed by atoms with Crippen LogP contribution in [0.2, 0.25) is 0 Å². The third kappa shape index (κ3) is 2.67. The Labute approximate surface area is 133 Å². The molecule has 22 heavy (non-hydrogen) atoms. The first-order chi connectivity index (χ1) is 10.7. The van der Waals surface area contributed by atoms with Crippen LogP contribution in [0.3, 0.4) is 0 Å². The maximum Gasteiger partial charge on any atom is 0.194 e. The first-order valence-electron chi connectivity index (χ1n) is 7.05. The van der Waals surface area contributed by atoms with Crippen LogP contribution in [-0.4, -0.2) is 22.4 Å². The first kappa shape index (κ1) is 14.5. The molecule has 0 bridgehead atoms. The molecule has 2 aromatic heterocycles. The zero-order valence-corrected chi connectivity index (χ0v) is 13.3. The molecular formula is C17H16N2O2S. The van der Waals surface area contributed by atoms with E-state index in [0.717, 1.165) is 34.0 Å². The summed E-state index contributed by atoms with van der Waals surface area (Å²) in [7, 11) is 0. The number of aromatic nitrogens is 2. The minimum atomic E-state index is 0.593. The molecule has 0 saturated carbocycles. The fraction of sp³-hybridized carbons (Fsp3) is 0.176. The molecule has 112 valence electrons. The molecule has 0 atom stereocenters. The molecule has 3 aromatic rings. The quantitative estimate of drug-likeness (QED) is 0.666. The van der Waals surface area contributed by atoms with Crippen LogP contribution in [0.25, 0.3) is 16.4 Å². The smallest absolute Gasteiger partial charge is 0.194 e. The standard InChI is InChI=1S/C17H16N2O2S/c1-3-21-16-7-6-12(2)9-14(16)15-11-22-17(18-15)19-8-4-5-13(19)10-20/h4-11H,3H2,1-2H3. The lowest BCUT2D eigenvalue weighted by atomic mass is 10.1. The Kier molecular flexibility index (Phi) is 4.06. The van der Waals surface area contributed by atoms with Gasteiger partial charge >= 0.3 is 0 Å². The second-order valence-electron chi connectivity index (χ2n) is 4.87. The number of carbonyl (C=O) groups excluding carboxylic acids is 1. The van der Waals surface area contributed by atoms with Crippen molar-refractivity contribution in [3.05, 3.63) is 53.2 Å². The van der Waals surface area contributed by atoms with Gasteiger partial charge in [-0.2, -0.15) is 0 Å². The highest BCUT2D eigenvalue weighted by atomic mass is 32.1. The van der Waals surface area contributed by atoms with Crippen molar-refractivity contribution in [1.82, 2.24) is 9.55 Å². The predicted octanol–water partition coefficient (Wildman–Crippen LogP) is 4.12. The van der Waals surface area contributed by atoms with Crippen molar-refractivity contribution in [2.24, 2.45) is 0 Å². The zero-order chi connectivity index (χ0) is 15.5. The summed E-state index contributed by atoms with van der Waals surface area (Å²) in [4.78, 5) is 15.7. The van der Waals surface area contributed by atoms with E-state index in [1.165, 1.54) is 11.3 Å². The van der Waals surface area contributed by atoms with Gasteiger partial charge in [-0.3, -0.25) is 9.36 Å². The molecule has 0 spiro atoms. The number of nitrogens with zero attached hydrogens (tertiary/aromatic N) is 2. The maximum absolute atomic E-state index is 11.1. The summed E-state index contributed by atoms with van der Waals surface area (Å²) in [5.41, 5.74) is 3.58. The molecule has 0 aliphatic carbocycles. The number of thiazole rings is 1. The normalized spacial score (nSPS) is 10.6. The third-order valence-corrected chi connectivity index (χ3v) is 4.15. The number of aldehydes is 1. The van der Waals surface area contributed by atoms with E-state index in [1.807, 2.05) is 43.6 Å². The summed E-state index contributed by atoms with van der Waals surface area (Å²) in [6.45, 7) is 4.62. The number of rotatable bonds is 5. The van der Waals surface area contributed by atoms with Crippen LogP contribution in [-0.2, 0) is 0 Å². The van der Waals surface area contributed by atoms with Gasteiger partial charge in [-0.25, -0.2) is 4.98 Å². The average Bonchev–Trinajstić information content (AvgIpc) is 3.17. The molecule has 0 saturated heterocycles. The Morgan fingerprint density at radius 2 is 2.23 bits per heavy atom. The number of ether oxygens (including phenoxy) is 1. The molecule has 4 nitrogen and oxygen atoms in total. The summed E-state index contributed by atoms with van der Waals surface area (Å²) < 4.78 is 7.48. The third-order valence-electron chi connectivity index (χ3n) is 3.31. The SMILES string of the molecule is CCOc1ccc(C)cc1-c1csc(-n2cccc2C=O)n1. The Morgan fingerprint density at radius 1 is 1.36 bits per heavy atom. The van der Waals surface area contributed by atoms with E-state index in [1.54, 1.807) is 10.6 Å². The fourth-order valence-corrected chi connectivity index (χ4v) is 3.12. The van der Waals surface area contributed by atoms with Crippen molar-refractivity contribution in [2.75, 3.05) is 6.61 Å². The minimum absolute atomic E-state index is 0.593. The summed E-state index contributed by atoms with van der Waals surface area (Å²) >= 11 is 1.50. The van der Waals surface area contributed by atoms with Crippen molar-refractivity contribution in [3.8, 4) is 22.1 Å². The molecular weight excluding hydrogens is 296 g/mol. The van der Waals surface area contributed by atoms with Crippen molar-refractivity contribution < 1.29 is 9.53 Å². The Hall–Kier alpha value is -2.40. The Bertz CT molecular complexity index is 805. The van der Waals surface area contributed by atoms with Crippen LogP contribution in [0.5, 0.6) is 5.75 Å². The van der Waals surface area contributed by atoms with E-state index in [-0.39, 0.29) is 0 Å². The zero-order valence-electron chi connectivity index (χ0n) is 12.4. The van der Waals surface area contributed by atoms with E-state index in [4.69, 9.17) is 4.74 Å². The van der Waals surface area contributed by atoms with E-state index >= 15 is 0 Å². The van der Waals surface area contributed by atoms with Crippen molar-refractivity contribution in [2.45, 2.75) is 13.8 Å². The molecule has 0 N–H and O–H groups in total. The highest BCUT2D eigenvalue weighted by Crippen LogP contribution is 2.33. The molecule has 1 aromatic carbocycles. The molecule has 3 rings (SSSR count). The summed E-state index contributed by atoms with van der Waals surface area (Å²) in [6, 6.07) is 9.67. The molecule has 0 amide bonds. The second-order valence-corrected chi connectivity index (χ2v) is 5.71. The minimum Gasteiger partial charge on any atom is -0.493 e. The number of hydrogen-bond acceptors (Lipinski definition) is 4.